The molecule has 3 atom stereocenters. The smallest absolute Gasteiger partial charge is 0.161 e. The Morgan fingerprint density at radius 2 is 1.79 bits per heavy atom. The van der Waals surface area contributed by atoms with E-state index in [1.807, 2.05) is 18.2 Å². The minimum Gasteiger partial charge on any atom is -0.493 e. The fraction of sp³-hybridized carbons (Fsp3) is 0.684. The zero-order chi connectivity index (χ0) is 17.5. The predicted octanol–water partition coefficient (Wildman–Crippen LogP) is 1.43. The number of rotatable bonds is 8. The summed E-state index contributed by atoms with van der Waals surface area (Å²) in [6.45, 7) is 6.13. The largest absolute Gasteiger partial charge is 0.493 e. The quantitative estimate of drug-likeness (QED) is 0.753. The van der Waals surface area contributed by atoms with Gasteiger partial charge in [0.15, 0.2) is 11.5 Å². The van der Waals surface area contributed by atoms with Crippen molar-refractivity contribution in [3.05, 3.63) is 23.8 Å². The van der Waals surface area contributed by atoms with E-state index in [0.717, 1.165) is 12.1 Å². The lowest BCUT2D eigenvalue weighted by atomic mass is 9.97. The van der Waals surface area contributed by atoms with Crippen LogP contribution in [0.5, 0.6) is 11.5 Å². The van der Waals surface area contributed by atoms with Gasteiger partial charge in [0.2, 0.25) is 0 Å². The van der Waals surface area contributed by atoms with Crippen LogP contribution in [-0.2, 0) is 11.3 Å². The first-order chi connectivity index (χ1) is 11.5. The van der Waals surface area contributed by atoms with E-state index in [-0.39, 0.29) is 0 Å². The molecule has 2 rings (SSSR count). The molecule has 0 aliphatic carbocycles. The lowest BCUT2D eigenvalue weighted by Crippen LogP contribution is -3.20. The van der Waals surface area contributed by atoms with Crippen LogP contribution in [0.3, 0.4) is 0 Å². The molecule has 1 aromatic carbocycles. The molecule has 1 fully saturated rings. The van der Waals surface area contributed by atoms with Gasteiger partial charge in [-0.15, -0.1) is 0 Å². The zero-order valence-corrected chi connectivity index (χ0v) is 15.4. The number of aliphatic hydroxyl groups excluding tert-OH is 1. The van der Waals surface area contributed by atoms with Crippen molar-refractivity contribution in [3.63, 3.8) is 0 Å². The topological polar surface area (TPSA) is 52.4 Å². The Morgan fingerprint density at radius 1 is 1.12 bits per heavy atom. The van der Waals surface area contributed by atoms with Gasteiger partial charge in [-0.2, -0.15) is 0 Å². The Bertz CT molecular complexity index is 498. The maximum atomic E-state index is 10.3. The monoisotopic (exact) mass is 338 g/mol. The fourth-order valence-electron chi connectivity index (χ4n) is 3.60. The maximum absolute atomic E-state index is 10.3. The average molecular weight is 338 g/mol. The highest BCUT2D eigenvalue weighted by Gasteiger charge is 2.30. The van der Waals surface area contributed by atoms with E-state index in [1.54, 1.807) is 14.2 Å². The van der Waals surface area contributed by atoms with Gasteiger partial charge in [0, 0.05) is 0 Å². The van der Waals surface area contributed by atoms with Crippen LogP contribution in [-0.4, -0.2) is 50.7 Å². The first-order valence-electron chi connectivity index (χ1n) is 8.87. The molecule has 1 saturated heterocycles. The predicted molar refractivity (Wildman–Crippen MR) is 93.8 cm³/mol. The molecular weight excluding hydrogens is 306 g/mol. The maximum Gasteiger partial charge on any atom is 0.161 e. The van der Waals surface area contributed by atoms with E-state index in [0.29, 0.717) is 36.8 Å². The van der Waals surface area contributed by atoms with Crippen LogP contribution in [0.15, 0.2) is 18.2 Å². The third kappa shape index (κ3) is 5.10. The molecule has 1 heterocycles. The summed E-state index contributed by atoms with van der Waals surface area (Å²) in [5.41, 5.74) is 1.01. The van der Waals surface area contributed by atoms with E-state index in [4.69, 9.17) is 14.2 Å². The number of aliphatic hydroxyl groups is 1. The van der Waals surface area contributed by atoms with Crippen molar-refractivity contribution in [2.24, 2.45) is 0 Å². The number of likely N-dealkylation sites (tertiary alicyclic amines) is 1. The molecule has 5 heteroatoms. The number of nitrogens with one attached hydrogen (secondary N) is 1. The first kappa shape index (κ1) is 19.0. The zero-order valence-electron chi connectivity index (χ0n) is 15.4. The number of quaternary nitrogens is 1. The highest BCUT2D eigenvalue weighted by Crippen LogP contribution is 2.27. The summed E-state index contributed by atoms with van der Waals surface area (Å²) in [5, 5.41) is 10.3. The van der Waals surface area contributed by atoms with Crippen molar-refractivity contribution >= 4 is 0 Å². The Balaban J connectivity index is 1.79. The average Bonchev–Trinajstić information content (AvgIpc) is 2.58. The lowest BCUT2D eigenvalue weighted by molar-refractivity contribution is -0.954. The molecule has 2 N–H and O–H groups in total. The minimum absolute atomic E-state index is 0.358. The van der Waals surface area contributed by atoms with Gasteiger partial charge in [-0.25, -0.2) is 0 Å². The molecule has 0 amide bonds. The summed E-state index contributed by atoms with van der Waals surface area (Å²) >= 11 is 0. The molecule has 1 aromatic rings. The SMILES string of the molecule is COc1ccc(COC[C@@H](O)C[NH+]2[C@H](C)CCC[C@H]2C)cc1OC. The molecule has 0 saturated carbocycles. The summed E-state index contributed by atoms with van der Waals surface area (Å²) in [6.07, 6.45) is 3.37. The van der Waals surface area contributed by atoms with Crippen molar-refractivity contribution in [2.45, 2.75) is 57.9 Å². The van der Waals surface area contributed by atoms with Gasteiger partial charge in [-0.05, 0) is 50.8 Å². The van der Waals surface area contributed by atoms with Crippen LogP contribution in [0.25, 0.3) is 0 Å². The van der Waals surface area contributed by atoms with Gasteiger partial charge in [0.1, 0.15) is 12.6 Å². The highest BCUT2D eigenvalue weighted by atomic mass is 16.5. The van der Waals surface area contributed by atoms with Crippen molar-refractivity contribution in [1.29, 1.82) is 0 Å². The Hall–Kier alpha value is -1.30. The Labute approximate surface area is 145 Å². The summed E-state index contributed by atoms with van der Waals surface area (Å²) in [6, 6.07) is 6.97. The highest BCUT2D eigenvalue weighted by molar-refractivity contribution is 5.42. The fourth-order valence-corrected chi connectivity index (χ4v) is 3.60. The van der Waals surface area contributed by atoms with Gasteiger partial charge in [-0.3, -0.25) is 0 Å². The van der Waals surface area contributed by atoms with Gasteiger partial charge < -0.3 is 24.2 Å². The van der Waals surface area contributed by atoms with E-state index in [1.165, 1.54) is 24.2 Å². The normalized spacial score (nSPS) is 23.0. The Morgan fingerprint density at radius 3 is 2.42 bits per heavy atom. The van der Waals surface area contributed by atoms with E-state index in [9.17, 15) is 5.11 Å². The molecule has 24 heavy (non-hydrogen) atoms. The van der Waals surface area contributed by atoms with Crippen LogP contribution < -0.4 is 14.4 Å². The molecule has 1 aliphatic rings. The molecule has 0 aromatic heterocycles. The van der Waals surface area contributed by atoms with Crippen LogP contribution in [0.4, 0.5) is 0 Å². The van der Waals surface area contributed by atoms with Crippen molar-refractivity contribution in [2.75, 3.05) is 27.4 Å². The van der Waals surface area contributed by atoms with E-state index in [2.05, 4.69) is 13.8 Å². The van der Waals surface area contributed by atoms with Gasteiger partial charge in [0.05, 0.1) is 39.5 Å². The minimum atomic E-state index is -0.428. The molecule has 5 nitrogen and oxygen atoms in total. The number of hydrogen-bond acceptors (Lipinski definition) is 4. The van der Waals surface area contributed by atoms with Gasteiger partial charge in [-0.1, -0.05) is 6.07 Å². The Kier molecular flexibility index (Phi) is 7.34. The standard InChI is InChI=1S/C19H31NO4/c1-14-6-5-7-15(2)20(14)11-17(21)13-24-12-16-8-9-18(22-3)19(10-16)23-4/h8-10,14-15,17,21H,5-7,11-13H2,1-4H3/p+1/t14-,15-,17+/m1/s1. The third-order valence-electron chi connectivity index (χ3n) is 5.04. The number of hydrogen-bond donors (Lipinski definition) is 2. The van der Waals surface area contributed by atoms with E-state index >= 15 is 0 Å². The second kappa shape index (κ2) is 9.25. The number of benzene rings is 1. The van der Waals surface area contributed by atoms with Gasteiger partial charge >= 0.3 is 0 Å². The van der Waals surface area contributed by atoms with Crippen LogP contribution in [0.1, 0.15) is 38.7 Å². The summed E-state index contributed by atoms with van der Waals surface area (Å²) in [5.74, 6) is 1.40. The number of ether oxygens (including phenoxy) is 3. The van der Waals surface area contributed by atoms with Crippen molar-refractivity contribution < 1.29 is 24.2 Å². The van der Waals surface area contributed by atoms with Crippen LogP contribution >= 0.6 is 0 Å². The molecule has 1 aliphatic heterocycles. The van der Waals surface area contributed by atoms with Crippen LogP contribution in [0.2, 0.25) is 0 Å². The van der Waals surface area contributed by atoms with Gasteiger partial charge in [0.25, 0.3) is 0 Å². The second-order valence-corrected chi connectivity index (χ2v) is 6.87. The number of methoxy groups -OCH3 is 2. The summed E-state index contributed by atoms with van der Waals surface area (Å²) in [7, 11) is 3.24. The molecule has 0 spiro atoms. The molecular formula is C19H32NO4+. The summed E-state index contributed by atoms with van der Waals surface area (Å²) in [4.78, 5) is 1.50. The molecule has 0 bridgehead atoms. The second-order valence-electron chi connectivity index (χ2n) is 6.87. The molecule has 0 radical (unpaired) electrons. The van der Waals surface area contributed by atoms with Crippen molar-refractivity contribution in [3.8, 4) is 11.5 Å². The molecule has 0 unspecified atom stereocenters. The first-order valence-corrected chi connectivity index (χ1v) is 8.87. The third-order valence-corrected chi connectivity index (χ3v) is 5.04. The van der Waals surface area contributed by atoms with Crippen LogP contribution in [0, 0.1) is 0 Å². The number of piperidine rings is 1. The van der Waals surface area contributed by atoms with Crippen molar-refractivity contribution in [1.82, 2.24) is 0 Å². The van der Waals surface area contributed by atoms with E-state index < -0.39 is 6.10 Å². The summed E-state index contributed by atoms with van der Waals surface area (Å²) < 4.78 is 16.2. The molecule has 136 valence electrons. The lowest BCUT2D eigenvalue weighted by Gasteiger charge is -2.36.